The van der Waals surface area contributed by atoms with E-state index in [9.17, 15) is 22.4 Å². The molecule has 0 fully saturated rings. The predicted molar refractivity (Wildman–Crippen MR) is 108 cm³/mol. The van der Waals surface area contributed by atoms with Crippen molar-refractivity contribution < 1.29 is 22.4 Å². The summed E-state index contributed by atoms with van der Waals surface area (Å²) in [4.78, 5) is 20.1. The molecule has 11 heteroatoms. The SMILES string of the molecule is O=C(Nc1ccc2c(c1)N1CCN=C1S2)c1cnn(-c2ccc(F)cc2)c1C(F)(F)F. The quantitative estimate of drug-likeness (QED) is 0.598. The summed E-state index contributed by atoms with van der Waals surface area (Å²) >= 11 is 1.51. The highest BCUT2D eigenvalue weighted by Crippen LogP contribution is 2.43. The molecule has 31 heavy (non-hydrogen) atoms. The van der Waals surface area contributed by atoms with E-state index >= 15 is 0 Å². The number of hydrogen-bond donors (Lipinski definition) is 1. The van der Waals surface area contributed by atoms with Crippen LogP contribution in [0.2, 0.25) is 0 Å². The molecule has 6 nitrogen and oxygen atoms in total. The molecule has 0 bridgehead atoms. The zero-order valence-corrected chi connectivity index (χ0v) is 16.5. The lowest BCUT2D eigenvalue weighted by molar-refractivity contribution is -0.143. The molecule has 1 N–H and O–H groups in total. The Hall–Kier alpha value is -3.34. The van der Waals surface area contributed by atoms with Gasteiger partial charge in [0.05, 0.1) is 29.7 Å². The Morgan fingerprint density at radius 2 is 1.90 bits per heavy atom. The number of rotatable bonds is 3. The number of nitrogens with one attached hydrogen (secondary N) is 1. The first-order chi connectivity index (χ1) is 14.8. The second kappa shape index (κ2) is 7.12. The van der Waals surface area contributed by atoms with Gasteiger partial charge in [-0.2, -0.15) is 18.3 Å². The van der Waals surface area contributed by atoms with Crippen molar-refractivity contribution in [2.45, 2.75) is 11.1 Å². The fraction of sp³-hybridized carbons (Fsp3) is 0.150. The molecule has 0 spiro atoms. The molecule has 158 valence electrons. The number of carbonyl (C=O) groups is 1. The van der Waals surface area contributed by atoms with Crippen LogP contribution < -0.4 is 10.2 Å². The molecular formula is C20H13F4N5OS. The van der Waals surface area contributed by atoms with Crippen molar-refractivity contribution in [3.8, 4) is 5.69 Å². The van der Waals surface area contributed by atoms with Gasteiger partial charge in [-0.05, 0) is 54.2 Å². The average molecular weight is 447 g/mol. The highest BCUT2D eigenvalue weighted by molar-refractivity contribution is 8.14. The second-order valence-corrected chi connectivity index (χ2v) is 7.86. The van der Waals surface area contributed by atoms with Gasteiger partial charge in [-0.15, -0.1) is 0 Å². The van der Waals surface area contributed by atoms with Crippen molar-refractivity contribution in [3.63, 3.8) is 0 Å². The largest absolute Gasteiger partial charge is 0.434 e. The number of hydrogen-bond acceptors (Lipinski definition) is 5. The van der Waals surface area contributed by atoms with Gasteiger partial charge in [0.25, 0.3) is 5.91 Å². The van der Waals surface area contributed by atoms with Gasteiger partial charge < -0.3 is 10.2 Å². The van der Waals surface area contributed by atoms with Crippen molar-refractivity contribution in [2.24, 2.45) is 4.99 Å². The number of benzene rings is 2. The molecule has 3 aromatic rings. The number of anilines is 2. The van der Waals surface area contributed by atoms with Gasteiger partial charge in [0.2, 0.25) is 0 Å². The van der Waals surface area contributed by atoms with Crippen LogP contribution >= 0.6 is 11.8 Å². The van der Waals surface area contributed by atoms with E-state index in [-0.39, 0.29) is 5.69 Å². The summed E-state index contributed by atoms with van der Waals surface area (Å²) in [5.74, 6) is -1.54. The van der Waals surface area contributed by atoms with Crippen LogP contribution in [0.3, 0.4) is 0 Å². The zero-order valence-electron chi connectivity index (χ0n) is 15.7. The van der Waals surface area contributed by atoms with E-state index in [4.69, 9.17) is 0 Å². The fourth-order valence-electron chi connectivity index (χ4n) is 3.49. The number of halogens is 4. The minimum Gasteiger partial charge on any atom is -0.322 e. The lowest BCUT2D eigenvalue weighted by Crippen LogP contribution is -2.22. The number of aromatic nitrogens is 2. The molecule has 0 atom stereocenters. The van der Waals surface area contributed by atoms with E-state index in [0.29, 0.717) is 16.9 Å². The molecule has 0 unspecified atom stereocenters. The first-order valence-corrected chi connectivity index (χ1v) is 9.99. The van der Waals surface area contributed by atoms with Gasteiger partial charge in [0.15, 0.2) is 10.9 Å². The summed E-state index contributed by atoms with van der Waals surface area (Å²) in [5, 5.41) is 7.13. The fourth-order valence-corrected chi connectivity index (χ4v) is 4.55. The van der Waals surface area contributed by atoms with Crippen molar-refractivity contribution in [1.82, 2.24) is 9.78 Å². The number of nitrogens with zero attached hydrogens (tertiary/aromatic N) is 4. The van der Waals surface area contributed by atoms with Crippen LogP contribution in [0.4, 0.5) is 28.9 Å². The Labute approximate surface area is 177 Å². The first kappa shape index (κ1) is 19.6. The van der Waals surface area contributed by atoms with Crippen molar-refractivity contribution in [3.05, 3.63) is 65.7 Å². The third-order valence-electron chi connectivity index (χ3n) is 4.86. The van der Waals surface area contributed by atoms with Crippen LogP contribution in [-0.2, 0) is 6.18 Å². The maximum absolute atomic E-state index is 13.8. The van der Waals surface area contributed by atoms with E-state index in [1.807, 2.05) is 4.90 Å². The van der Waals surface area contributed by atoms with Gasteiger partial charge in [-0.3, -0.25) is 9.79 Å². The molecule has 5 rings (SSSR count). The Balaban J connectivity index is 1.47. The standard InChI is InChI=1S/C20H13F4N5OS/c21-11-1-4-13(5-2-11)29-17(20(22,23)24)14(10-26-29)18(30)27-12-3-6-16-15(9-12)28-8-7-25-19(28)31-16/h1-6,9-10H,7-8H2,(H,27,30). The lowest BCUT2D eigenvalue weighted by Gasteiger charge is -2.15. The number of amidine groups is 1. The lowest BCUT2D eigenvalue weighted by atomic mass is 10.2. The predicted octanol–water partition coefficient (Wildman–Crippen LogP) is 4.56. The zero-order chi connectivity index (χ0) is 21.8. The minimum atomic E-state index is -4.85. The first-order valence-electron chi connectivity index (χ1n) is 9.18. The van der Waals surface area contributed by atoms with Crippen molar-refractivity contribution in [1.29, 1.82) is 0 Å². The number of amides is 1. The summed E-state index contributed by atoms with van der Waals surface area (Å²) in [7, 11) is 0. The smallest absolute Gasteiger partial charge is 0.322 e. The number of thioether (sulfide) groups is 1. The number of alkyl halides is 3. The van der Waals surface area contributed by atoms with Gasteiger partial charge in [-0.25, -0.2) is 9.07 Å². The second-order valence-electron chi connectivity index (χ2n) is 6.85. The van der Waals surface area contributed by atoms with E-state index in [1.165, 1.54) is 11.8 Å². The van der Waals surface area contributed by atoms with E-state index < -0.39 is 29.2 Å². The molecule has 1 amide bonds. The number of aliphatic imine (C=N–C) groups is 1. The Morgan fingerprint density at radius 3 is 2.65 bits per heavy atom. The molecule has 0 radical (unpaired) electrons. The van der Waals surface area contributed by atoms with Gasteiger partial charge in [0, 0.05) is 17.1 Å². The van der Waals surface area contributed by atoms with Crippen molar-refractivity contribution in [2.75, 3.05) is 23.3 Å². The molecule has 0 aliphatic carbocycles. The van der Waals surface area contributed by atoms with Gasteiger partial charge in [0.1, 0.15) is 5.82 Å². The molecule has 0 saturated heterocycles. The summed E-state index contributed by atoms with van der Waals surface area (Å²) in [6, 6.07) is 9.50. The third-order valence-corrected chi connectivity index (χ3v) is 5.96. The molecule has 2 aliphatic heterocycles. The molecular weight excluding hydrogens is 434 g/mol. The summed E-state index contributed by atoms with van der Waals surface area (Å²) in [6.07, 6.45) is -4.00. The van der Waals surface area contributed by atoms with Gasteiger partial charge >= 0.3 is 6.18 Å². The van der Waals surface area contributed by atoms with Crippen LogP contribution in [0.1, 0.15) is 16.1 Å². The number of fused-ring (bicyclic) bond motifs is 3. The molecule has 3 heterocycles. The highest BCUT2D eigenvalue weighted by atomic mass is 32.2. The Bertz CT molecular complexity index is 1220. The Kier molecular flexibility index (Phi) is 4.50. The van der Waals surface area contributed by atoms with E-state index in [1.54, 1.807) is 18.2 Å². The topological polar surface area (TPSA) is 62.5 Å². The third kappa shape index (κ3) is 3.44. The van der Waals surface area contributed by atoms with Crippen LogP contribution in [0.25, 0.3) is 5.69 Å². The van der Waals surface area contributed by atoms with Crippen LogP contribution in [0, 0.1) is 5.82 Å². The molecule has 2 aliphatic rings. The summed E-state index contributed by atoms with van der Waals surface area (Å²) in [6.45, 7) is 1.39. The van der Waals surface area contributed by atoms with Crippen LogP contribution in [0.5, 0.6) is 0 Å². The molecule has 0 saturated carbocycles. The van der Waals surface area contributed by atoms with E-state index in [0.717, 1.165) is 52.8 Å². The monoisotopic (exact) mass is 447 g/mol. The maximum atomic E-state index is 13.8. The number of carbonyl (C=O) groups excluding carboxylic acids is 1. The molecule has 1 aromatic heterocycles. The van der Waals surface area contributed by atoms with Crippen LogP contribution in [-0.4, -0.2) is 33.9 Å². The minimum absolute atomic E-state index is 0.0109. The highest BCUT2D eigenvalue weighted by Gasteiger charge is 2.40. The van der Waals surface area contributed by atoms with Gasteiger partial charge in [-0.1, -0.05) is 0 Å². The maximum Gasteiger partial charge on any atom is 0.434 e. The normalized spacial score (nSPS) is 15.0. The average Bonchev–Trinajstić information content (AvgIpc) is 3.42. The Morgan fingerprint density at radius 1 is 1.13 bits per heavy atom. The summed E-state index contributed by atoms with van der Waals surface area (Å²) in [5.41, 5.74) is -0.655. The van der Waals surface area contributed by atoms with Crippen LogP contribution in [0.15, 0.2) is 58.5 Å². The van der Waals surface area contributed by atoms with Crippen molar-refractivity contribution >= 4 is 34.2 Å². The molecule has 2 aromatic carbocycles. The summed E-state index contributed by atoms with van der Waals surface area (Å²) < 4.78 is 55.1. The van der Waals surface area contributed by atoms with E-state index in [2.05, 4.69) is 15.4 Å².